The van der Waals surface area contributed by atoms with Crippen molar-refractivity contribution in [1.82, 2.24) is 4.98 Å². The number of hydrogen-bond acceptors (Lipinski definition) is 4. The Kier molecular flexibility index (Phi) is 14.8. The van der Waals surface area contributed by atoms with Gasteiger partial charge in [-0.3, -0.25) is 4.99 Å². The molecule has 0 aliphatic carbocycles. The first-order valence-electron chi connectivity index (χ1n) is 16.6. The first kappa shape index (κ1) is 38.2. The van der Waals surface area contributed by atoms with Crippen molar-refractivity contribution in [3.8, 4) is 0 Å². The van der Waals surface area contributed by atoms with Crippen LogP contribution in [0.4, 0.5) is 5.82 Å². The summed E-state index contributed by atoms with van der Waals surface area (Å²) in [7, 11) is 1.73. The zero-order valence-electron chi connectivity index (χ0n) is 29.3. The molecule has 1 radical (unpaired) electrons. The molecule has 4 aromatic rings. The van der Waals surface area contributed by atoms with Crippen LogP contribution in [0.1, 0.15) is 70.7 Å². The minimum absolute atomic E-state index is 0. The quantitative estimate of drug-likeness (QED) is 0.154. The van der Waals surface area contributed by atoms with Crippen molar-refractivity contribution in [2.24, 2.45) is 30.0 Å². The number of aliphatic imine (C=N–C) groups is 6. The van der Waals surface area contributed by atoms with Gasteiger partial charge in [-0.2, -0.15) is 0 Å². The van der Waals surface area contributed by atoms with Crippen LogP contribution in [0.2, 0.25) is 0 Å². The zero-order chi connectivity index (χ0) is 34.5. The molecule has 0 unspecified atom stereocenters. The summed E-state index contributed by atoms with van der Waals surface area (Å²) in [5.74, 6) is 3.99. The normalized spacial score (nSPS) is 17.3. The van der Waals surface area contributed by atoms with Gasteiger partial charge in [0.05, 0.1) is 17.5 Å². The molecule has 0 amide bonds. The van der Waals surface area contributed by atoms with E-state index < -0.39 is 0 Å². The zero-order valence-corrected chi connectivity index (χ0v) is 30.2. The molecule has 0 fully saturated rings. The summed E-state index contributed by atoms with van der Waals surface area (Å²) in [5, 5.41) is 6.88. The summed E-state index contributed by atoms with van der Waals surface area (Å²) in [4.78, 5) is 32.8. The van der Waals surface area contributed by atoms with E-state index in [4.69, 9.17) is 25.3 Å². The summed E-state index contributed by atoms with van der Waals surface area (Å²) in [6.07, 6.45) is 11.6. The molecule has 8 nitrogen and oxygen atoms in total. The van der Waals surface area contributed by atoms with Crippen molar-refractivity contribution in [3.63, 3.8) is 0 Å². The third-order valence-electron chi connectivity index (χ3n) is 6.97. The van der Waals surface area contributed by atoms with E-state index in [1.54, 1.807) is 7.05 Å². The smallest absolute Gasteiger partial charge is 0.441 e. The fraction of sp³-hybridized carbons (Fsp3) is 0.200. The van der Waals surface area contributed by atoms with E-state index in [0.717, 1.165) is 38.6 Å². The molecular weight excluding hydrogens is 656 g/mol. The van der Waals surface area contributed by atoms with E-state index in [2.05, 4.69) is 15.0 Å². The van der Waals surface area contributed by atoms with Crippen molar-refractivity contribution in [2.45, 2.75) is 48.5 Å². The van der Waals surface area contributed by atoms with E-state index >= 15 is 0 Å². The Morgan fingerprint density at radius 2 is 1.24 bits per heavy atom. The molecule has 253 valence electrons. The second kappa shape index (κ2) is 18.9. The van der Waals surface area contributed by atoms with Crippen LogP contribution in [-0.4, -0.2) is 42.1 Å². The van der Waals surface area contributed by atoms with Crippen molar-refractivity contribution in [2.75, 3.05) is 7.05 Å². The maximum atomic E-state index is 4.93. The van der Waals surface area contributed by atoms with E-state index in [-0.39, 0.29) is 17.1 Å². The molecular formula is C40H42CuN8. The molecule has 0 spiro atoms. The van der Waals surface area contributed by atoms with Crippen LogP contribution < -0.4 is 4.98 Å². The van der Waals surface area contributed by atoms with Gasteiger partial charge in [-0.25, -0.2) is 9.98 Å². The first-order chi connectivity index (χ1) is 23.7. The minimum Gasteiger partial charge on any atom is -0.441 e. The van der Waals surface area contributed by atoms with E-state index in [1.807, 2.05) is 158 Å². The van der Waals surface area contributed by atoms with Crippen LogP contribution in [0.25, 0.3) is 16.1 Å². The summed E-state index contributed by atoms with van der Waals surface area (Å²) in [5.41, 5.74) is 4.47. The Bertz CT molecular complexity index is 2030. The van der Waals surface area contributed by atoms with Crippen LogP contribution in [0.3, 0.4) is 0 Å². The van der Waals surface area contributed by atoms with Gasteiger partial charge in [0.15, 0.2) is 5.84 Å². The number of fused-ring (bicyclic) bond motifs is 3. The first-order valence-corrected chi connectivity index (χ1v) is 16.6. The minimum atomic E-state index is 0. The van der Waals surface area contributed by atoms with Crippen LogP contribution in [-0.2, 0) is 17.1 Å². The van der Waals surface area contributed by atoms with Gasteiger partial charge in [-0.15, -0.1) is 0 Å². The summed E-state index contributed by atoms with van der Waals surface area (Å²) in [6, 6.07) is 23.9. The molecule has 4 heterocycles. The number of benzene rings is 3. The monoisotopic (exact) mass is 697 g/mol. The molecule has 0 bridgehead atoms. The molecule has 49 heavy (non-hydrogen) atoms. The van der Waals surface area contributed by atoms with Gasteiger partial charge in [0.25, 0.3) is 0 Å². The molecule has 3 aromatic carbocycles. The molecule has 1 aromatic heterocycles. The molecule has 0 saturated heterocycles. The average Bonchev–Trinajstić information content (AvgIpc) is 3.92. The van der Waals surface area contributed by atoms with Gasteiger partial charge >= 0.3 is 17.1 Å². The summed E-state index contributed by atoms with van der Waals surface area (Å²) >= 11 is 0. The molecule has 3 aliphatic rings. The molecule has 7 rings (SSSR count). The van der Waals surface area contributed by atoms with Gasteiger partial charge in [0.1, 0.15) is 0 Å². The Balaban J connectivity index is 0.000000882. The molecule has 0 atom stereocenters. The Hall–Kier alpha value is -5.24. The largest absolute Gasteiger partial charge is 2.00 e. The van der Waals surface area contributed by atoms with Crippen molar-refractivity contribution < 1.29 is 17.1 Å². The molecule has 0 saturated carbocycles. The Morgan fingerprint density at radius 3 is 1.90 bits per heavy atom. The van der Waals surface area contributed by atoms with Crippen molar-refractivity contribution in [3.05, 3.63) is 143 Å². The molecule has 0 N–H and O–H groups in total. The van der Waals surface area contributed by atoms with E-state index in [1.165, 1.54) is 0 Å². The Morgan fingerprint density at radius 1 is 0.653 bits per heavy atom. The topological polar surface area (TPSA) is 102 Å². The van der Waals surface area contributed by atoms with Gasteiger partial charge in [-0.1, -0.05) is 145 Å². The molecule has 3 aliphatic heterocycles. The number of allylic oxidation sites excluding steroid dienone is 3. The number of rotatable bonds is 3. The number of nitrogens with zero attached hydrogens (tertiary/aromatic N) is 8. The third-order valence-corrected chi connectivity index (χ3v) is 6.97. The van der Waals surface area contributed by atoms with Gasteiger partial charge in [0, 0.05) is 35.4 Å². The van der Waals surface area contributed by atoms with E-state index in [9.17, 15) is 0 Å². The third kappa shape index (κ3) is 8.44. The Labute approximate surface area is 300 Å². The van der Waals surface area contributed by atoms with Gasteiger partial charge in [-0.05, 0) is 40.7 Å². The SMILES string of the molecule is C/C=C\C=C/C1=CC(=N/c2[n-]cc3ccccc23)/N=C1N=C1[N-]C(=NC2=NC(=NC)c3ccccc32)c2ccccc21.CC.CC.CC.[Cu+2]. The second-order valence-corrected chi connectivity index (χ2v) is 9.62. The predicted molar refractivity (Wildman–Crippen MR) is 206 cm³/mol. The average molecular weight is 698 g/mol. The van der Waals surface area contributed by atoms with Crippen LogP contribution in [0.5, 0.6) is 0 Å². The second-order valence-electron chi connectivity index (χ2n) is 9.62. The molecule has 9 heteroatoms. The van der Waals surface area contributed by atoms with Crippen molar-refractivity contribution >= 4 is 51.6 Å². The summed E-state index contributed by atoms with van der Waals surface area (Å²) < 4.78 is 0. The van der Waals surface area contributed by atoms with Crippen molar-refractivity contribution in [1.29, 1.82) is 0 Å². The van der Waals surface area contributed by atoms with Gasteiger partial charge in [0.2, 0.25) is 0 Å². The van der Waals surface area contributed by atoms with Crippen LogP contribution >= 0.6 is 0 Å². The fourth-order valence-corrected chi connectivity index (χ4v) is 4.97. The predicted octanol–water partition coefficient (Wildman–Crippen LogP) is 9.79. The van der Waals surface area contributed by atoms with Crippen LogP contribution in [0, 0.1) is 0 Å². The summed E-state index contributed by atoms with van der Waals surface area (Å²) in [6.45, 7) is 14.0. The van der Waals surface area contributed by atoms with Crippen LogP contribution in [0.15, 0.2) is 145 Å². The number of aromatic nitrogens is 1. The maximum Gasteiger partial charge on any atom is 2.00 e. The number of amidine groups is 6. The van der Waals surface area contributed by atoms with E-state index in [0.29, 0.717) is 40.8 Å². The van der Waals surface area contributed by atoms with Gasteiger partial charge < -0.3 is 25.3 Å². The standard InChI is InChI=1S/C34H24N8.3C2H6.Cu/c1-3-4-5-12-21-19-28(38-31-23-14-7-6-13-22(23)20-36-31)37-29(21)39-32-26-17-10-11-18-27(26)34(41-32)42-33-25-16-9-8-15-24(25)30(35-2)40-33;3*1-2;/h3-20H,1-2H3;3*1-2H3;/q-2;;;;+2/b4-3-,12-5-;;;;. The maximum absolute atomic E-state index is 4.93. The fourth-order valence-electron chi connectivity index (χ4n) is 4.97. The number of hydrogen-bond donors (Lipinski definition) is 0.